The van der Waals surface area contributed by atoms with Gasteiger partial charge in [-0.1, -0.05) is 46.3 Å². The lowest BCUT2D eigenvalue weighted by molar-refractivity contribution is -0.129. The predicted octanol–water partition coefficient (Wildman–Crippen LogP) is 4.67. The molecule has 2 fully saturated rings. The molecule has 2 aromatic carbocycles. The van der Waals surface area contributed by atoms with Crippen molar-refractivity contribution >= 4 is 45.6 Å². The van der Waals surface area contributed by atoms with Gasteiger partial charge in [-0.2, -0.15) is 0 Å². The molecular weight excluding hydrogens is 448 g/mol. The number of amides is 2. The van der Waals surface area contributed by atoms with E-state index in [0.29, 0.717) is 18.7 Å². The summed E-state index contributed by atoms with van der Waals surface area (Å²) in [6.45, 7) is 2.12. The lowest BCUT2D eigenvalue weighted by Gasteiger charge is -2.43. The average molecular weight is 471 g/mol. The van der Waals surface area contributed by atoms with Gasteiger partial charge in [-0.3, -0.25) is 9.59 Å². The van der Waals surface area contributed by atoms with Crippen LogP contribution in [0, 0.1) is 0 Å². The van der Waals surface area contributed by atoms with Crippen LogP contribution >= 0.6 is 27.7 Å². The second-order valence-electron chi connectivity index (χ2n) is 7.33. The van der Waals surface area contributed by atoms with Gasteiger partial charge in [-0.05, 0) is 48.7 Å². The molecule has 0 N–H and O–H groups in total. The van der Waals surface area contributed by atoms with Gasteiger partial charge in [-0.15, -0.1) is 11.8 Å². The Bertz CT molecular complexity index is 906. The molecule has 2 saturated heterocycles. The Balaban J connectivity index is 1.41. The van der Waals surface area contributed by atoms with Crippen molar-refractivity contribution in [2.45, 2.75) is 17.7 Å². The Morgan fingerprint density at radius 3 is 2.34 bits per heavy atom. The van der Waals surface area contributed by atoms with Crippen molar-refractivity contribution in [3.63, 3.8) is 0 Å². The molecule has 0 aromatic heterocycles. The number of carbonyl (C=O) groups excluding carboxylic acids is 2. The van der Waals surface area contributed by atoms with Gasteiger partial charge >= 0.3 is 0 Å². The molecule has 4 rings (SSSR count). The molecular formula is C23H23BrN2O2S. The number of hydrogen-bond donors (Lipinski definition) is 0. The number of halogens is 1. The minimum Gasteiger partial charge on any atom is -0.338 e. The van der Waals surface area contributed by atoms with E-state index in [-0.39, 0.29) is 16.7 Å². The van der Waals surface area contributed by atoms with Crippen LogP contribution in [-0.4, -0.2) is 51.9 Å². The summed E-state index contributed by atoms with van der Waals surface area (Å²) in [6, 6.07) is 17.4. The summed E-state index contributed by atoms with van der Waals surface area (Å²) in [4.78, 5) is 29.4. The number of carbonyl (C=O) groups is 2. The fourth-order valence-electron chi connectivity index (χ4n) is 3.99. The topological polar surface area (TPSA) is 40.6 Å². The number of thioether (sulfide) groups is 1. The van der Waals surface area contributed by atoms with E-state index >= 15 is 0 Å². The van der Waals surface area contributed by atoms with Crippen LogP contribution in [0.5, 0.6) is 0 Å². The van der Waals surface area contributed by atoms with Crippen LogP contribution in [0.15, 0.2) is 65.1 Å². The first-order valence-corrected chi connectivity index (χ1v) is 11.6. The second kappa shape index (κ2) is 8.76. The van der Waals surface area contributed by atoms with Crippen LogP contribution in [0.1, 0.15) is 28.8 Å². The van der Waals surface area contributed by atoms with E-state index in [1.165, 1.54) is 0 Å². The van der Waals surface area contributed by atoms with E-state index in [2.05, 4.69) is 15.9 Å². The Kier molecular flexibility index (Phi) is 6.11. The Morgan fingerprint density at radius 1 is 0.966 bits per heavy atom. The average Bonchev–Trinajstić information content (AvgIpc) is 3.16. The predicted molar refractivity (Wildman–Crippen MR) is 122 cm³/mol. The van der Waals surface area contributed by atoms with Crippen LogP contribution in [-0.2, 0) is 4.79 Å². The van der Waals surface area contributed by atoms with Gasteiger partial charge in [0.25, 0.3) is 5.91 Å². The highest BCUT2D eigenvalue weighted by Gasteiger charge is 2.46. The molecule has 0 unspecified atom stereocenters. The van der Waals surface area contributed by atoms with Crippen molar-refractivity contribution in [1.82, 2.24) is 9.80 Å². The highest BCUT2D eigenvalue weighted by Crippen LogP contribution is 2.44. The molecule has 150 valence electrons. The molecule has 0 bridgehead atoms. The maximum absolute atomic E-state index is 12.9. The molecule has 2 amide bonds. The van der Waals surface area contributed by atoms with E-state index in [9.17, 15) is 9.59 Å². The molecule has 29 heavy (non-hydrogen) atoms. The minimum atomic E-state index is -0.186. The molecule has 2 aliphatic rings. The smallest absolute Gasteiger partial charge is 0.253 e. The second-order valence-corrected chi connectivity index (χ2v) is 9.70. The van der Waals surface area contributed by atoms with E-state index in [4.69, 9.17) is 0 Å². The number of hydrogen-bond acceptors (Lipinski definition) is 3. The summed E-state index contributed by atoms with van der Waals surface area (Å²) in [5, 5.41) is 0. The third-order valence-corrected chi connectivity index (χ3v) is 7.67. The van der Waals surface area contributed by atoms with Gasteiger partial charge in [-0.25, -0.2) is 0 Å². The Labute approximate surface area is 184 Å². The summed E-state index contributed by atoms with van der Waals surface area (Å²) in [7, 11) is 0. The first-order valence-electron chi connectivity index (χ1n) is 9.81. The summed E-state index contributed by atoms with van der Waals surface area (Å²) in [5.41, 5.74) is 1.73. The fourth-order valence-corrected chi connectivity index (χ4v) is 5.72. The maximum Gasteiger partial charge on any atom is 0.253 e. The van der Waals surface area contributed by atoms with Crippen LogP contribution in [0.3, 0.4) is 0 Å². The molecule has 1 spiro atoms. The van der Waals surface area contributed by atoms with Crippen molar-refractivity contribution in [2.75, 3.05) is 25.4 Å². The zero-order chi connectivity index (χ0) is 20.3. The van der Waals surface area contributed by atoms with E-state index in [0.717, 1.165) is 35.2 Å². The quantitative estimate of drug-likeness (QED) is 0.611. The number of piperidine rings is 1. The Hall–Kier alpha value is -2.05. The molecule has 6 heteroatoms. The number of likely N-dealkylation sites (tertiary alicyclic amines) is 1. The van der Waals surface area contributed by atoms with Gasteiger partial charge in [0.2, 0.25) is 5.91 Å². The van der Waals surface area contributed by atoms with Gasteiger partial charge < -0.3 is 9.80 Å². The third-order valence-electron chi connectivity index (χ3n) is 5.58. The van der Waals surface area contributed by atoms with Crippen molar-refractivity contribution < 1.29 is 9.59 Å². The summed E-state index contributed by atoms with van der Waals surface area (Å²) >= 11 is 5.27. The normalized spacial score (nSPS) is 18.5. The van der Waals surface area contributed by atoms with Crippen LogP contribution in [0.25, 0.3) is 6.08 Å². The minimum absolute atomic E-state index is 0.0616. The number of rotatable bonds is 3. The van der Waals surface area contributed by atoms with Gasteiger partial charge in [0.15, 0.2) is 0 Å². The van der Waals surface area contributed by atoms with Crippen molar-refractivity contribution in [3.05, 3.63) is 76.3 Å². The van der Waals surface area contributed by atoms with E-state index < -0.39 is 0 Å². The third kappa shape index (κ3) is 4.43. The summed E-state index contributed by atoms with van der Waals surface area (Å²) in [6.07, 6.45) is 5.18. The van der Waals surface area contributed by atoms with E-state index in [1.54, 1.807) is 6.08 Å². The fraction of sp³-hybridized carbons (Fsp3) is 0.304. The zero-order valence-electron chi connectivity index (χ0n) is 16.1. The molecule has 2 aliphatic heterocycles. The first-order chi connectivity index (χ1) is 14.1. The number of nitrogens with zero attached hydrogens (tertiary/aromatic N) is 2. The van der Waals surface area contributed by atoms with Crippen molar-refractivity contribution in [3.8, 4) is 0 Å². The number of benzene rings is 2. The zero-order valence-corrected chi connectivity index (χ0v) is 18.5. The molecule has 0 aliphatic carbocycles. The molecule has 4 nitrogen and oxygen atoms in total. The first kappa shape index (κ1) is 20.2. The highest BCUT2D eigenvalue weighted by atomic mass is 79.9. The molecule has 2 aromatic rings. The molecule has 0 saturated carbocycles. The SMILES string of the molecule is O=C(c1ccc(Br)cc1)N1CCC2(CC1)SCCN2C(=O)C=Cc1ccccc1. The van der Waals surface area contributed by atoms with Crippen molar-refractivity contribution in [2.24, 2.45) is 0 Å². The van der Waals surface area contributed by atoms with Crippen molar-refractivity contribution in [1.29, 1.82) is 0 Å². The van der Waals surface area contributed by atoms with Gasteiger partial charge in [0.1, 0.15) is 0 Å². The van der Waals surface area contributed by atoms with Gasteiger partial charge in [0.05, 0.1) is 4.87 Å². The summed E-state index contributed by atoms with van der Waals surface area (Å²) in [5.74, 6) is 1.08. The van der Waals surface area contributed by atoms with Crippen LogP contribution in [0.2, 0.25) is 0 Å². The molecule has 0 radical (unpaired) electrons. The molecule has 0 atom stereocenters. The van der Waals surface area contributed by atoms with Crippen LogP contribution in [0.4, 0.5) is 0 Å². The lowest BCUT2D eigenvalue weighted by atomic mass is 10.0. The lowest BCUT2D eigenvalue weighted by Crippen LogP contribution is -2.53. The largest absolute Gasteiger partial charge is 0.338 e. The maximum atomic E-state index is 12.9. The monoisotopic (exact) mass is 470 g/mol. The standard InChI is InChI=1S/C23H23BrN2O2S/c24-20-9-7-19(8-10-20)22(28)25-14-12-23(13-15-25)26(16-17-29-23)21(27)11-6-18-4-2-1-3-5-18/h1-11H,12-17H2. The van der Waals surface area contributed by atoms with Gasteiger partial charge in [0, 0.05) is 41.5 Å². The van der Waals surface area contributed by atoms with E-state index in [1.807, 2.05) is 82.2 Å². The van der Waals surface area contributed by atoms with Crippen LogP contribution < -0.4 is 0 Å². The Morgan fingerprint density at radius 2 is 1.66 bits per heavy atom. The molecule has 2 heterocycles. The highest BCUT2D eigenvalue weighted by molar-refractivity contribution is 9.10. The summed E-state index contributed by atoms with van der Waals surface area (Å²) < 4.78 is 0.965.